The van der Waals surface area contributed by atoms with Crippen molar-refractivity contribution in [3.05, 3.63) is 114 Å². The Kier molecular flexibility index (Phi) is 5.43. The van der Waals surface area contributed by atoms with Gasteiger partial charge in [-0.25, -0.2) is 0 Å². The summed E-state index contributed by atoms with van der Waals surface area (Å²) in [6, 6.07) is 26.3. The second-order valence-corrected chi connectivity index (χ2v) is 8.06. The van der Waals surface area contributed by atoms with Crippen LogP contribution in [0.25, 0.3) is 39.0 Å². The normalized spacial score (nSPS) is 12.3. The zero-order chi connectivity index (χ0) is 24.8. The van der Waals surface area contributed by atoms with Gasteiger partial charge in [0, 0.05) is 16.6 Å². The van der Waals surface area contributed by atoms with E-state index in [2.05, 4.69) is 0 Å². The van der Waals surface area contributed by atoms with Crippen LogP contribution in [-0.4, -0.2) is 4.57 Å². The number of rotatable bonds is 3. The molecule has 0 radical (unpaired) electrons. The fourth-order valence-electron chi connectivity index (χ4n) is 4.29. The maximum Gasteiger partial charge on any atom is 0.416 e. The second kappa shape index (κ2) is 8.34. The summed E-state index contributed by atoms with van der Waals surface area (Å²) in [7, 11) is 0. The molecule has 0 aliphatic heterocycles. The van der Waals surface area contributed by atoms with Gasteiger partial charge in [-0.2, -0.15) is 26.3 Å². The number of aromatic nitrogens is 1. The minimum Gasteiger partial charge on any atom is -0.309 e. The molecule has 35 heavy (non-hydrogen) atoms. The lowest BCUT2D eigenvalue weighted by molar-refractivity contribution is -0.138. The van der Waals surface area contributed by atoms with Crippen LogP contribution in [0.15, 0.2) is 103 Å². The van der Waals surface area contributed by atoms with E-state index in [0.717, 1.165) is 40.9 Å². The lowest BCUT2D eigenvalue weighted by Gasteiger charge is -2.15. The Labute approximate surface area is 196 Å². The molecule has 0 spiro atoms. The summed E-state index contributed by atoms with van der Waals surface area (Å²) in [4.78, 5) is 0. The number of para-hydroxylation sites is 2. The van der Waals surface area contributed by atoms with Crippen molar-refractivity contribution in [3.63, 3.8) is 0 Å². The van der Waals surface area contributed by atoms with Crippen molar-refractivity contribution in [1.82, 2.24) is 4.57 Å². The van der Waals surface area contributed by atoms with Gasteiger partial charge >= 0.3 is 12.4 Å². The molecule has 1 heterocycles. The van der Waals surface area contributed by atoms with E-state index in [0.29, 0.717) is 22.4 Å². The fraction of sp³-hybridized carbons (Fsp3) is 0.0714. The van der Waals surface area contributed by atoms with E-state index in [-0.39, 0.29) is 0 Å². The third kappa shape index (κ3) is 4.18. The van der Waals surface area contributed by atoms with Gasteiger partial charge < -0.3 is 4.57 Å². The molecule has 0 unspecified atom stereocenters. The van der Waals surface area contributed by atoms with Gasteiger partial charge in [-0.05, 0) is 53.6 Å². The van der Waals surface area contributed by atoms with Crippen molar-refractivity contribution in [2.24, 2.45) is 0 Å². The Morgan fingerprint density at radius 1 is 0.486 bits per heavy atom. The topological polar surface area (TPSA) is 4.93 Å². The van der Waals surface area contributed by atoms with Crippen LogP contribution < -0.4 is 0 Å². The van der Waals surface area contributed by atoms with Crippen molar-refractivity contribution in [2.45, 2.75) is 12.4 Å². The van der Waals surface area contributed by atoms with Crippen LogP contribution in [0.4, 0.5) is 26.3 Å². The van der Waals surface area contributed by atoms with Gasteiger partial charge in [-0.15, -0.1) is 0 Å². The summed E-state index contributed by atoms with van der Waals surface area (Å²) in [5.74, 6) is 0. The summed E-state index contributed by atoms with van der Waals surface area (Å²) >= 11 is 0. The molecule has 0 atom stereocenters. The van der Waals surface area contributed by atoms with Gasteiger partial charge in [0.2, 0.25) is 0 Å². The molecule has 176 valence electrons. The Hall–Kier alpha value is -4.00. The highest BCUT2D eigenvalue weighted by molar-refractivity contribution is 6.05. The predicted molar refractivity (Wildman–Crippen MR) is 124 cm³/mol. The predicted octanol–water partition coefficient (Wildman–Crippen LogP) is 9.00. The Morgan fingerprint density at radius 2 is 0.971 bits per heavy atom. The molecule has 0 fully saturated rings. The number of nitrogens with zero attached hydrogens (tertiary/aromatic N) is 1. The van der Waals surface area contributed by atoms with E-state index in [1.807, 2.05) is 59.2 Å². The smallest absolute Gasteiger partial charge is 0.309 e. The molecule has 4 aromatic carbocycles. The first-order valence-corrected chi connectivity index (χ1v) is 10.7. The number of hydrogen-bond acceptors (Lipinski definition) is 0. The van der Waals surface area contributed by atoms with Crippen molar-refractivity contribution in [3.8, 4) is 28.1 Å². The van der Waals surface area contributed by atoms with Gasteiger partial charge in [0.05, 0.1) is 22.3 Å². The van der Waals surface area contributed by atoms with Crippen LogP contribution in [0.1, 0.15) is 11.1 Å². The van der Waals surface area contributed by atoms with E-state index < -0.39 is 23.5 Å². The summed E-state index contributed by atoms with van der Waals surface area (Å²) < 4.78 is 81.1. The molecule has 0 aliphatic carbocycles. The van der Waals surface area contributed by atoms with Gasteiger partial charge in [-0.1, -0.05) is 60.7 Å². The largest absolute Gasteiger partial charge is 0.416 e. The standard InChI is InChI=1S/C28H17F6N/c29-27(30,31)20-14-10-18(11-15-20)25-23-8-4-5-9-24(23)35(22-6-2-1-3-7-22)26(25)19-12-16-21(17-13-19)28(32,33)34/h1-17H. The highest BCUT2D eigenvalue weighted by Crippen LogP contribution is 2.44. The van der Waals surface area contributed by atoms with Crippen LogP contribution >= 0.6 is 0 Å². The minimum absolute atomic E-state index is 0.507. The molecule has 0 bridgehead atoms. The number of hydrogen-bond donors (Lipinski definition) is 0. The fourth-order valence-corrected chi connectivity index (χ4v) is 4.29. The number of alkyl halides is 6. The van der Waals surface area contributed by atoms with Crippen LogP contribution in [0.3, 0.4) is 0 Å². The number of halogens is 6. The first-order chi connectivity index (χ1) is 16.6. The van der Waals surface area contributed by atoms with Gasteiger partial charge in [0.1, 0.15) is 0 Å². The molecular formula is C28H17F6N. The minimum atomic E-state index is -4.49. The Bertz CT molecular complexity index is 1480. The van der Waals surface area contributed by atoms with E-state index >= 15 is 0 Å². The molecular weight excluding hydrogens is 464 g/mol. The molecule has 1 nitrogen and oxygen atoms in total. The SMILES string of the molecule is FC(F)(F)c1ccc(-c2c(-c3ccc(C(F)(F)F)cc3)n(-c3ccccc3)c3ccccc23)cc1. The summed E-state index contributed by atoms with van der Waals surface area (Å²) in [6.45, 7) is 0. The molecule has 0 amide bonds. The Morgan fingerprint density at radius 3 is 1.51 bits per heavy atom. The molecule has 5 aromatic rings. The number of fused-ring (bicyclic) bond motifs is 1. The van der Waals surface area contributed by atoms with Gasteiger partial charge in [0.25, 0.3) is 0 Å². The molecule has 5 rings (SSSR count). The maximum atomic E-state index is 13.2. The lowest BCUT2D eigenvalue weighted by Crippen LogP contribution is -2.05. The van der Waals surface area contributed by atoms with E-state index in [1.54, 1.807) is 0 Å². The Balaban J connectivity index is 1.83. The number of benzene rings is 4. The lowest BCUT2D eigenvalue weighted by atomic mass is 9.96. The third-order valence-corrected chi connectivity index (χ3v) is 5.88. The van der Waals surface area contributed by atoms with E-state index in [9.17, 15) is 26.3 Å². The molecule has 0 N–H and O–H groups in total. The summed E-state index contributed by atoms with van der Waals surface area (Å²) in [5.41, 5.74) is 2.26. The second-order valence-electron chi connectivity index (χ2n) is 8.06. The van der Waals surface area contributed by atoms with Crippen molar-refractivity contribution in [1.29, 1.82) is 0 Å². The van der Waals surface area contributed by atoms with Crippen LogP contribution in [0.5, 0.6) is 0 Å². The van der Waals surface area contributed by atoms with Crippen molar-refractivity contribution >= 4 is 10.9 Å². The molecule has 0 saturated heterocycles. The molecule has 1 aromatic heterocycles. The molecule has 7 heteroatoms. The molecule has 0 aliphatic rings. The zero-order valence-electron chi connectivity index (χ0n) is 18.0. The van der Waals surface area contributed by atoms with Gasteiger partial charge in [-0.3, -0.25) is 0 Å². The zero-order valence-corrected chi connectivity index (χ0v) is 18.0. The average molecular weight is 481 g/mol. The highest BCUT2D eigenvalue weighted by Gasteiger charge is 2.32. The molecule has 0 saturated carbocycles. The van der Waals surface area contributed by atoms with E-state index in [1.165, 1.54) is 24.3 Å². The monoisotopic (exact) mass is 481 g/mol. The van der Waals surface area contributed by atoms with E-state index in [4.69, 9.17) is 0 Å². The van der Waals surface area contributed by atoms with Crippen LogP contribution in [-0.2, 0) is 12.4 Å². The van der Waals surface area contributed by atoms with Crippen LogP contribution in [0, 0.1) is 0 Å². The first kappa shape index (κ1) is 22.8. The van der Waals surface area contributed by atoms with Gasteiger partial charge in [0.15, 0.2) is 0 Å². The maximum absolute atomic E-state index is 13.2. The third-order valence-electron chi connectivity index (χ3n) is 5.88. The first-order valence-electron chi connectivity index (χ1n) is 10.7. The summed E-state index contributed by atoms with van der Waals surface area (Å²) in [5, 5.41) is 0.769. The quantitative estimate of drug-likeness (QED) is 0.227. The average Bonchev–Trinajstić information content (AvgIpc) is 3.19. The van der Waals surface area contributed by atoms with Crippen LogP contribution in [0.2, 0.25) is 0 Å². The van der Waals surface area contributed by atoms with Crippen molar-refractivity contribution in [2.75, 3.05) is 0 Å². The highest BCUT2D eigenvalue weighted by atomic mass is 19.4. The van der Waals surface area contributed by atoms with Crippen molar-refractivity contribution < 1.29 is 26.3 Å². The summed E-state index contributed by atoms with van der Waals surface area (Å²) in [6.07, 6.45) is -8.96.